The monoisotopic (exact) mass is 280 g/mol. The van der Waals surface area contributed by atoms with Gasteiger partial charge in [0.05, 0.1) is 19.3 Å². The van der Waals surface area contributed by atoms with E-state index < -0.39 is 17.5 Å². The molecular weight excluding hydrogens is 256 g/mol. The molecule has 20 heavy (non-hydrogen) atoms. The summed E-state index contributed by atoms with van der Waals surface area (Å²) >= 11 is 0. The topological polar surface area (TPSA) is 47.9 Å². The summed E-state index contributed by atoms with van der Waals surface area (Å²) in [4.78, 5) is 0. The number of rotatable bonds is 4. The second-order valence-corrected chi connectivity index (χ2v) is 6.06. The van der Waals surface area contributed by atoms with Gasteiger partial charge in [0.15, 0.2) is 5.79 Å². The Morgan fingerprint density at radius 2 is 1.85 bits per heavy atom. The fraction of sp³-hybridized carbons (Fsp3) is 0.625. The molecule has 1 N–H and O–H groups in total. The summed E-state index contributed by atoms with van der Waals surface area (Å²) < 4.78 is 17.2. The van der Waals surface area contributed by atoms with Gasteiger partial charge in [0, 0.05) is 0 Å². The molecule has 4 nitrogen and oxygen atoms in total. The molecule has 0 spiro atoms. The zero-order chi connectivity index (χ0) is 14.8. The molecular formula is C16H24O4. The Labute approximate surface area is 120 Å². The number of hydrogen-bond donors (Lipinski definition) is 1. The number of aliphatic hydroxyl groups excluding tert-OH is 1. The lowest BCUT2D eigenvalue weighted by atomic mass is 9.93. The molecule has 1 aliphatic heterocycles. The van der Waals surface area contributed by atoms with E-state index in [0.717, 1.165) is 5.56 Å². The zero-order valence-corrected chi connectivity index (χ0v) is 12.6. The average Bonchev–Trinajstić information content (AvgIpc) is 2.36. The molecule has 0 amide bonds. The molecule has 0 aromatic heterocycles. The first kappa shape index (κ1) is 15.4. The van der Waals surface area contributed by atoms with E-state index in [0.29, 0.717) is 13.2 Å². The lowest BCUT2D eigenvalue weighted by Gasteiger charge is -2.48. The van der Waals surface area contributed by atoms with Gasteiger partial charge in [0.25, 0.3) is 0 Å². The highest BCUT2D eigenvalue weighted by molar-refractivity contribution is 5.13. The van der Waals surface area contributed by atoms with Crippen LogP contribution in [0.1, 0.15) is 33.3 Å². The van der Waals surface area contributed by atoms with Gasteiger partial charge in [-0.1, -0.05) is 30.3 Å². The molecule has 1 saturated heterocycles. The van der Waals surface area contributed by atoms with Crippen LogP contribution in [-0.2, 0) is 20.8 Å². The molecule has 1 fully saturated rings. The molecule has 1 aromatic carbocycles. The molecule has 0 saturated carbocycles. The Morgan fingerprint density at radius 3 is 2.50 bits per heavy atom. The number of aliphatic hydroxyl groups is 1. The third-order valence-corrected chi connectivity index (χ3v) is 3.52. The summed E-state index contributed by atoms with van der Waals surface area (Å²) in [6.45, 7) is 8.24. The summed E-state index contributed by atoms with van der Waals surface area (Å²) in [5.74, 6) is -0.719. The number of hydrogen-bond acceptors (Lipinski definition) is 4. The van der Waals surface area contributed by atoms with E-state index in [1.807, 2.05) is 58.0 Å². The van der Waals surface area contributed by atoms with Crippen LogP contribution < -0.4 is 0 Å². The Morgan fingerprint density at radius 1 is 1.20 bits per heavy atom. The molecule has 3 atom stereocenters. The van der Waals surface area contributed by atoms with E-state index in [-0.39, 0.29) is 6.10 Å². The third kappa shape index (κ3) is 3.58. The SMILES string of the molecule is C[C@H]1OC(C)(C)O[C@@](C)(COCc2ccccc2)C1O. The van der Waals surface area contributed by atoms with Gasteiger partial charge in [-0.15, -0.1) is 0 Å². The predicted octanol–water partition coefficient (Wildman–Crippen LogP) is 2.49. The van der Waals surface area contributed by atoms with E-state index >= 15 is 0 Å². The summed E-state index contributed by atoms with van der Waals surface area (Å²) in [6.07, 6.45) is -1.00. The van der Waals surface area contributed by atoms with Crippen LogP contribution in [0.3, 0.4) is 0 Å². The van der Waals surface area contributed by atoms with Crippen molar-refractivity contribution in [3.05, 3.63) is 35.9 Å². The van der Waals surface area contributed by atoms with Gasteiger partial charge in [0.2, 0.25) is 0 Å². The van der Waals surface area contributed by atoms with Gasteiger partial charge in [-0.05, 0) is 33.3 Å². The minimum atomic E-state index is -0.768. The zero-order valence-electron chi connectivity index (χ0n) is 12.6. The van der Waals surface area contributed by atoms with Gasteiger partial charge >= 0.3 is 0 Å². The van der Waals surface area contributed by atoms with Crippen molar-refractivity contribution in [2.75, 3.05) is 6.61 Å². The quantitative estimate of drug-likeness (QED) is 0.920. The van der Waals surface area contributed by atoms with Crippen molar-refractivity contribution in [1.29, 1.82) is 0 Å². The van der Waals surface area contributed by atoms with Crippen LogP contribution in [0.2, 0.25) is 0 Å². The van der Waals surface area contributed by atoms with Crippen LogP contribution in [0.25, 0.3) is 0 Å². The van der Waals surface area contributed by atoms with Crippen LogP contribution in [0.15, 0.2) is 30.3 Å². The maximum absolute atomic E-state index is 10.3. The first-order valence-electron chi connectivity index (χ1n) is 7.00. The van der Waals surface area contributed by atoms with Crippen LogP contribution in [0.5, 0.6) is 0 Å². The van der Waals surface area contributed by atoms with Crippen molar-refractivity contribution in [2.24, 2.45) is 0 Å². The summed E-state index contributed by atoms with van der Waals surface area (Å²) in [6, 6.07) is 9.95. The van der Waals surface area contributed by atoms with E-state index in [9.17, 15) is 5.11 Å². The fourth-order valence-corrected chi connectivity index (χ4v) is 2.72. The van der Waals surface area contributed by atoms with Crippen molar-refractivity contribution in [3.8, 4) is 0 Å². The Hall–Kier alpha value is -0.940. The van der Waals surface area contributed by atoms with Crippen LogP contribution in [0.4, 0.5) is 0 Å². The Bertz CT molecular complexity index is 431. The lowest BCUT2D eigenvalue weighted by Crippen LogP contribution is -2.62. The van der Waals surface area contributed by atoms with Crippen molar-refractivity contribution >= 4 is 0 Å². The summed E-state index contributed by atoms with van der Waals surface area (Å²) in [5, 5.41) is 10.3. The third-order valence-electron chi connectivity index (χ3n) is 3.52. The van der Waals surface area contributed by atoms with Crippen molar-refractivity contribution in [1.82, 2.24) is 0 Å². The van der Waals surface area contributed by atoms with Crippen LogP contribution in [-0.4, -0.2) is 35.3 Å². The van der Waals surface area contributed by atoms with Crippen LogP contribution in [0, 0.1) is 0 Å². The molecule has 1 aliphatic rings. The van der Waals surface area contributed by atoms with E-state index in [2.05, 4.69) is 0 Å². The van der Waals surface area contributed by atoms with Gasteiger partial charge in [-0.3, -0.25) is 0 Å². The molecule has 1 aromatic rings. The minimum Gasteiger partial charge on any atom is -0.387 e. The van der Waals surface area contributed by atoms with Crippen LogP contribution >= 0.6 is 0 Å². The molecule has 112 valence electrons. The number of benzene rings is 1. The van der Waals surface area contributed by atoms with E-state index in [1.54, 1.807) is 0 Å². The molecule has 0 radical (unpaired) electrons. The molecule has 1 heterocycles. The highest BCUT2D eigenvalue weighted by atomic mass is 16.7. The minimum absolute atomic E-state index is 0.288. The predicted molar refractivity (Wildman–Crippen MR) is 76.2 cm³/mol. The highest BCUT2D eigenvalue weighted by Crippen LogP contribution is 2.34. The van der Waals surface area contributed by atoms with Gasteiger partial charge < -0.3 is 19.3 Å². The Balaban J connectivity index is 1.95. The molecule has 0 bridgehead atoms. The Kier molecular flexibility index (Phi) is 4.49. The molecule has 0 aliphatic carbocycles. The number of ether oxygens (including phenoxy) is 3. The van der Waals surface area contributed by atoms with Crippen molar-refractivity contribution < 1.29 is 19.3 Å². The average molecular weight is 280 g/mol. The fourth-order valence-electron chi connectivity index (χ4n) is 2.72. The maximum atomic E-state index is 10.3. The molecule has 4 heteroatoms. The maximum Gasteiger partial charge on any atom is 0.164 e. The van der Waals surface area contributed by atoms with Gasteiger partial charge in [-0.25, -0.2) is 0 Å². The summed E-state index contributed by atoms with van der Waals surface area (Å²) in [5.41, 5.74) is 0.334. The molecule has 1 unspecified atom stereocenters. The first-order valence-corrected chi connectivity index (χ1v) is 7.00. The normalized spacial score (nSPS) is 33.0. The van der Waals surface area contributed by atoms with Gasteiger partial charge in [-0.2, -0.15) is 0 Å². The largest absolute Gasteiger partial charge is 0.387 e. The highest BCUT2D eigenvalue weighted by Gasteiger charge is 2.48. The first-order chi connectivity index (χ1) is 9.32. The van der Waals surface area contributed by atoms with E-state index in [1.165, 1.54) is 0 Å². The second-order valence-electron chi connectivity index (χ2n) is 6.06. The van der Waals surface area contributed by atoms with Crippen molar-refractivity contribution in [3.63, 3.8) is 0 Å². The summed E-state index contributed by atoms with van der Waals surface area (Å²) in [7, 11) is 0. The molecule has 2 rings (SSSR count). The van der Waals surface area contributed by atoms with Crippen molar-refractivity contribution in [2.45, 2.75) is 57.9 Å². The van der Waals surface area contributed by atoms with Gasteiger partial charge in [0.1, 0.15) is 11.7 Å². The smallest absolute Gasteiger partial charge is 0.164 e. The lowest BCUT2D eigenvalue weighted by molar-refractivity contribution is -0.367. The van der Waals surface area contributed by atoms with E-state index in [4.69, 9.17) is 14.2 Å². The standard InChI is InChI=1S/C16H24O4/c1-12-14(17)16(4,20-15(2,3)19-12)11-18-10-13-8-6-5-7-9-13/h5-9,12,14,17H,10-11H2,1-4H3/t12-,14?,16+/m1/s1. The second kappa shape index (κ2) is 5.82.